The molecule has 104 valence electrons. The van der Waals surface area contributed by atoms with Crippen LogP contribution in [0.5, 0.6) is 0 Å². The number of aromatic nitrogens is 2. The maximum absolute atomic E-state index is 11.3. The minimum absolute atomic E-state index is 0.0670. The Morgan fingerprint density at radius 2 is 1.95 bits per heavy atom. The lowest BCUT2D eigenvalue weighted by molar-refractivity contribution is 0.101. The van der Waals surface area contributed by atoms with Gasteiger partial charge in [-0.25, -0.2) is 9.97 Å². The second-order valence-corrected chi connectivity index (χ2v) is 5.37. The third-order valence-electron chi connectivity index (χ3n) is 2.99. The molecule has 0 fully saturated rings. The maximum atomic E-state index is 11.3. The summed E-state index contributed by atoms with van der Waals surface area (Å²) in [5.41, 5.74) is 2.58. The van der Waals surface area contributed by atoms with E-state index in [9.17, 15) is 4.79 Å². The van der Waals surface area contributed by atoms with Crippen molar-refractivity contribution in [3.63, 3.8) is 0 Å². The fourth-order valence-corrected chi connectivity index (χ4v) is 2.61. The van der Waals surface area contributed by atoms with Gasteiger partial charge in [-0.1, -0.05) is 30.3 Å². The van der Waals surface area contributed by atoms with E-state index in [-0.39, 0.29) is 5.78 Å². The van der Waals surface area contributed by atoms with Crippen molar-refractivity contribution < 1.29 is 4.79 Å². The highest BCUT2D eigenvalue weighted by molar-refractivity contribution is 7.14. The Labute approximate surface area is 126 Å². The smallest absolute Gasteiger partial charge is 0.188 e. The highest BCUT2D eigenvalue weighted by Gasteiger charge is 2.06. The number of pyridine rings is 1. The van der Waals surface area contributed by atoms with E-state index in [0.717, 1.165) is 22.2 Å². The van der Waals surface area contributed by atoms with Crippen molar-refractivity contribution in [1.82, 2.24) is 9.97 Å². The molecule has 0 bridgehead atoms. The minimum Gasteiger partial charge on any atom is -0.316 e. The Kier molecular flexibility index (Phi) is 3.75. The SMILES string of the molecule is CC(=O)c1ccc(-c2csc(Nc3ccccn3)n2)cc1. The first-order valence-electron chi connectivity index (χ1n) is 6.47. The number of Topliss-reactive ketones (excluding diaryl/α,β-unsaturated/α-hetero) is 1. The third kappa shape index (κ3) is 3.14. The van der Waals surface area contributed by atoms with Crippen LogP contribution >= 0.6 is 11.3 Å². The van der Waals surface area contributed by atoms with Crippen LogP contribution in [-0.4, -0.2) is 15.8 Å². The average molecular weight is 295 g/mol. The number of hydrogen-bond donors (Lipinski definition) is 1. The number of ketones is 1. The van der Waals surface area contributed by atoms with Crippen molar-refractivity contribution >= 4 is 28.1 Å². The molecule has 0 radical (unpaired) electrons. The first-order valence-corrected chi connectivity index (χ1v) is 7.35. The molecular weight excluding hydrogens is 282 g/mol. The lowest BCUT2D eigenvalue weighted by Gasteiger charge is -2.00. The van der Waals surface area contributed by atoms with E-state index in [1.54, 1.807) is 13.1 Å². The second kappa shape index (κ2) is 5.85. The first-order chi connectivity index (χ1) is 10.2. The Balaban J connectivity index is 1.80. The van der Waals surface area contributed by atoms with Gasteiger partial charge >= 0.3 is 0 Å². The highest BCUT2D eigenvalue weighted by atomic mass is 32.1. The number of nitrogens with zero attached hydrogens (tertiary/aromatic N) is 2. The number of nitrogens with one attached hydrogen (secondary N) is 1. The van der Waals surface area contributed by atoms with Crippen molar-refractivity contribution in [2.24, 2.45) is 0 Å². The van der Waals surface area contributed by atoms with Crippen LogP contribution in [0.2, 0.25) is 0 Å². The second-order valence-electron chi connectivity index (χ2n) is 4.51. The van der Waals surface area contributed by atoms with Crippen LogP contribution in [0.3, 0.4) is 0 Å². The quantitative estimate of drug-likeness (QED) is 0.735. The molecule has 0 spiro atoms. The standard InChI is InChI=1S/C16H13N3OS/c1-11(20)12-5-7-13(8-6-12)14-10-21-16(18-14)19-15-4-2-3-9-17-15/h2-10H,1H3,(H,17,18,19). The highest BCUT2D eigenvalue weighted by Crippen LogP contribution is 2.26. The van der Waals surface area contributed by atoms with E-state index in [1.165, 1.54) is 11.3 Å². The Bertz CT molecular complexity index is 751. The zero-order chi connectivity index (χ0) is 14.7. The molecule has 4 nitrogen and oxygen atoms in total. The topological polar surface area (TPSA) is 54.9 Å². The zero-order valence-corrected chi connectivity index (χ0v) is 12.2. The van der Waals surface area contributed by atoms with Gasteiger partial charge in [-0.2, -0.15) is 0 Å². The maximum Gasteiger partial charge on any atom is 0.188 e. The van der Waals surface area contributed by atoms with Gasteiger partial charge in [-0.05, 0) is 19.1 Å². The van der Waals surface area contributed by atoms with E-state index >= 15 is 0 Å². The Morgan fingerprint density at radius 3 is 2.62 bits per heavy atom. The number of anilines is 2. The molecule has 0 aliphatic heterocycles. The van der Waals surface area contributed by atoms with E-state index in [4.69, 9.17) is 0 Å². The molecular formula is C16H13N3OS. The van der Waals surface area contributed by atoms with Gasteiger partial charge in [-0.3, -0.25) is 4.79 Å². The molecule has 0 unspecified atom stereocenters. The fraction of sp³-hybridized carbons (Fsp3) is 0.0625. The summed E-state index contributed by atoms with van der Waals surface area (Å²) >= 11 is 1.52. The monoisotopic (exact) mass is 295 g/mol. The van der Waals surface area contributed by atoms with Gasteiger partial charge < -0.3 is 5.32 Å². The van der Waals surface area contributed by atoms with Gasteiger partial charge in [0.25, 0.3) is 0 Å². The molecule has 5 heteroatoms. The van der Waals surface area contributed by atoms with E-state index in [2.05, 4.69) is 15.3 Å². The summed E-state index contributed by atoms with van der Waals surface area (Å²) in [7, 11) is 0. The van der Waals surface area contributed by atoms with Gasteiger partial charge in [0.1, 0.15) is 5.82 Å². The van der Waals surface area contributed by atoms with E-state index in [1.807, 2.05) is 47.8 Å². The number of carbonyl (C=O) groups is 1. The molecule has 21 heavy (non-hydrogen) atoms. The van der Waals surface area contributed by atoms with Crippen molar-refractivity contribution in [2.45, 2.75) is 6.92 Å². The van der Waals surface area contributed by atoms with Crippen LogP contribution in [0.1, 0.15) is 17.3 Å². The van der Waals surface area contributed by atoms with Crippen LogP contribution in [0.4, 0.5) is 10.9 Å². The number of hydrogen-bond acceptors (Lipinski definition) is 5. The molecule has 3 aromatic rings. The molecule has 2 heterocycles. The summed E-state index contributed by atoms with van der Waals surface area (Å²) in [6.45, 7) is 1.56. The lowest BCUT2D eigenvalue weighted by Crippen LogP contribution is -1.92. The number of thiazole rings is 1. The summed E-state index contributed by atoms with van der Waals surface area (Å²) in [6.07, 6.45) is 1.73. The van der Waals surface area contributed by atoms with Gasteiger partial charge in [0.2, 0.25) is 0 Å². The molecule has 3 rings (SSSR count). The normalized spacial score (nSPS) is 10.3. The van der Waals surface area contributed by atoms with Gasteiger partial charge in [0, 0.05) is 22.7 Å². The predicted octanol–water partition coefficient (Wildman–Crippen LogP) is 4.15. The largest absolute Gasteiger partial charge is 0.316 e. The molecule has 1 N–H and O–H groups in total. The van der Waals surface area contributed by atoms with Gasteiger partial charge in [0.15, 0.2) is 10.9 Å². The van der Waals surface area contributed by atoms with Crippen molar-refractivity contribution in [2.75, 3.05) is 5.32 Å². The molecule has 0 amide bonds. The summed E-state index contributed by atoms with van der Waals surface area (Å²) in [5, 5.41) is 5.94. The number of benzene rings is 1. The van der Waals surface area contributed by atoms with Crippen LogP contribution in [0, 0.1) is 0 Å². The lowest BCUT2D eigenvalue weighted by atomic mass is 10.1. The van der Waals surface area contributed by atoms with Gasteiger partial charge in [0.05, 0.1) is 5.69 Å². The van der Waals surface area contributed by atoms with Crippen LogP contribution in [0.25, 0.3) is 11.3 Å². The molecule has 0 saturated carbocycles. The number of rotatable bonds is 4. The zero-order valence-electron chi connectivity index (χ0n) is 11.4. The number of carbonyl (C=O) groups excluding carboxylic acids is 1. The van der Waals surface area contributed by atoms with Crippen LogP contribution in [0.15, 0.2) is 54.0 Å². The minimum atomic E-state index is 0.0670. The molecule has 0 aliphatic carbocycles. The molecule has 2 aromatic heterocycles. The van der Waals surface area contributed by atoms with E-state index in [0.29, 0.717) is 5.56 Å². The third-order valence-corrected chi connectivity index (χ3v) is 3.75. The fourth-order valence-electron chi connectivity index (χ4n) is 1.89. The van der Waals surface area contributed by atoms with Crippen molar-refractivity contribution in [3.8, 4) is 11.3 Å². The van der Waals surface area contributed by atoms with Crippen LogP contribution < -0.4 is 5.32 Å². The molecule has 0 saturated heterocycles. The molecule has 0 aliphatic rings. The van der Waals surface area contributed by atoms with Crippen molar-refractivity contribution in [1.29, 1.82) is 0 Å². The van der Waals surface area contributed by atoms with Crippen LogP contribution in [-0.2, 0) is 0 Å². The summed E-state index contributed by atoms with van der Waals surface area (Å²) in [4.78, 5) is 20.0. The van der Waals surface area contributed by atoms with Gasteiger partial charge in [-0.15, -0.1) is 11.3 Å². The first kappa shape index (κ1) is 13.5. The Morgan fingerprint density at radius 1 is 1.14 bits per heavy atom. The summed E-state index contributed by atoms with van der Waals surface area (Å²) < 4.78 is 0. The summed E-state index contributed by atoms with van der Waals surface area (Å²) in [6, 6.07) is 13.2. The molecule has 0 atom stereocenters. The summed E-state index contributed by atoms with van der Waals surface area (Å²) in [5.74, 6) is 0.836. The predicted molar refractivity (Wildman–Crippen MR) is 85.1 cm³/mol. The average Bonchev–Trinajstić information content (AvgIpc) is 2.97. The Hall–Kier alpha value is -2.53. The molecule has 1 aromatic carbocycles. The van der Waals surface area contributed by atoms with Crippen molar-refractivity contribution in [3.05, 3.63) is 59.6 Å². The van der Waals surface area contributed by atoms with E-state index < -0.39 is 0 Å².